The highest BCUT2D eigenvalue weighted by Crippen LogP contribution is 2.25. The lowest BCUT2D eigenvalue weighted by Gasteiger charge is -2.11. The van der Waals surface area contributed by atoms with Gasteiger partial charge in [0, 0.05) is 6.42 Å². The summed E-state index contributed by atoms with van der Waals surface area (Å²) in [6.07, 6.45) is 1.23. The molecule has 23 heavy (non-hydrogen) atoms. The molecular formula is C19H23NO3. The van der Waals surface area contributed by atoms with E-state index in [-0.39, 0.29) is 5.91 Å². The monoisotopic (exact) mass is 313 g/mol. The van der Waals surface area contributed by atoms with E-state index >= 15 is 0 Å². The summed E-state index contributed by atoms with van der Waals surface area (Å²) in [6, 6.07) is 15.7. The molecule has 0 saturated carbocycles. The van der Waals surface area contributed by atoms with Gasteiger partial charge in [-0.15, -0.1) is 0 Å². The van der Waals surface area contributed by atoms with Gasteiger partial charge in [0.05, 0.1) is 13.7 Å². The first-order valence-corrected chi connectivity index (χ1v) is 7.77. The van der Waals surface area contributed by atoms with Gasteiger partial charge in [0.2, 0.25) is 5.91 Å². The molecule has 1 N–H and O–H groups in total. The molecule has 0 atom stereocenters. The summed E-state index contributed by atoms with van der Waals surface area (Å²) in [5, 5.41) is 2.87. The Bertz CT molecular complexity index is 623. The van der Waals surface area contributed by atoms with Crippen LogP contribution in [-0.4, -0.2) is 26.2 Å². The maximum Gasteiger partial charge on any atom is 0.220 e. The van der Waals surface area contributed by atoms with Crippen molar-refractivity contribution in [2.24, 2.45) is 0 Å². The first kappa shape index (κ1) is 16.9. The second-order valence-electron chi connectivity index (χ2n) is 5.33. The van der Waals surface area contributed by atoms with Crippen molar-refractivity contribution < 1.29 is 14.3 Å². The van der Waals surface area contributed by atoms with E-state index in [1.165, 1.54) is 11.1 Å². The Kier molecular flexibility index (Phi) is 6.48. The number of benzene rings is 2. The van der Waals surface area contributed by atoms with Gasteiger partial charge in [-0.05, 0) is 31.0 Å². The standard InChI is InChI=1S/C19H23NO3/c1-15-7-9-16(10-8-15)11-12-19(21)20-13-14-23-18-6-4-3-5-17(18)22-2/h3-10H,11-14H2,1-2H3,(H,20,21). The molecule has 2 aromatic rings. The Morgan fingerprint density at radius 2 is 1.74 bits per heavy atom. The molecule has 0 aliphatic rings. The molecule has 0 aliphatic carbocycles. The fourth-order valence-electron chi connectivity index (χ4n) is 2.19. The summed E-state index contributed by atoms with van der Waals surface area (Å²) in [7, 11) is 1.61. The van der Waals surface area contributed by atoms with Crippen molar-refractivity contribution in [3.05, 3.63) is 59.7 Å². The van der Waals surface area contributed by atoms with E-state index in [2.05, 4.69) is 36.5 Å². The lowest BCUT2D eigenvalue weighted by molar-refractivity contribution is -0.121. The maximum absolute atomic E-state index is 11.8. The minimum Gasteiger partial charge on any atom is -0.493 e. The van der Waals surface area contributed by atoms with Crippen molar-refractivity contribution in [2.45, 2.75) is 19.8 Å². The summed E-state index contributed by atoms with van der Waals surface area (Å²) in [4.78, 5) is 11.8. The van der Waals surface area contributed by atoms with E-state index in [1.54, 1.807) is 7.11 Å². The van der Waals surface area contributed by atoms with Crippen LogP contribution in [0.5, 0.6) is 11.5 Å². The van der Waals surface area contributed by atoms with Crippen molar-refractivity contribution in [1.82, 2.24) is 5.32 Å². The van der Waals surface area contributed by atoms with Crippen molar-refractivity contribution in [3.63, 3.8) is 0 Å². The molecule has 2 aromatic carbocycles. The Balaban J connectivity index is 1.66. The number of hydrogen-bond donors (Lipinski definition) is 1. The molecule has 0 bridgehead atoms. The van der Waals surface area contributed by atoms with Crippen LogP contribution >= 0.6 is 0 Å². The van der Waals surface area contributed by atoms with Crippen LogP contribution in [0.1, 0.15) is 17.5 Å². The third-order valence-electron chi connectivity index (χ3n) is 3.51. The molecule has 1 amide bonds. The molecule has 2 rings (SSSR count). The minimum absolute atomic E-state index is 0.0363. The number of amides is 1. The molecule has 0 radical (unpaired) electrons. The number of methoxy groups -OCH3 is 1. The third-order valence-corrected chi connectivity index (χ3v) is 3.51. The van der Waals surface area contributed by atoms with Gasteiger partial charge >= 0.3 is 0 Å². The van der Waals surface area contributed by atoms with Gasteiger partial charge in [-0.2, -0.15) is 0 Å². The van der Waals surface area contributed by atoms with Crippen LogP contribution in [0, 0.1) is 6.92 Å². The van der Waals surface area contributed by atoms with E-state index in [1.807, 2.05) is 24.3 Å². The zero-order valence-electron chi connectivity index (χ0n) is 13.7. The normalized spacial score (nSPS) is 10.2. The van der Waals surface area contributed by atoms with Crippen LogP contribution in [0.25, 0.3) is 0 Å². The van der Waals surface area contributed by atoms with Crippen molar-refractivity contribution in [1.29, 1.82) is 0 Å². The Morgan fingerprint density at radius 1 is 1.04 bits per heavy atom. The lowest BCUT2D eigenvalue weighted by Crippen LogP contribution is -2.28. The lowest BCUT2D eigenvalue weighted by atomic mass is 10.1. The van der Waals surface area contributed by atoms with Gasteiger partial charge in [0.15, 0.2) is 11.5 Å². The van der Waals surface area contributed by atoms with E-state index < -0.39 is 0 Å². The Labute approximate surface area is 137 Å². The van der Waals surface area contributed by atoms with Crippen molar-refractivity contribution in [3.8, 4) is 11.5 Å². The maximum atomic E-state index is 11.8. The zero-order chi connectivity index (χ0) is 16.5. The van der Waals surface area contributed by atoms with Crippen LogP contribution < -0.4 is 14.8 Å². The highest BCUT2D eigenvalue weighted by atomic mass is 16.5. The van der Waals surface area contributed by atoms with E-state index in [0.717, 1.165) is 6.42 Å². The first-order valence-electron chi connectivity index (χ1n) is 7.77. The van der Waals surface area contributed by atoms with Gasteiger partial charge < -0.3 is 14.8 Å². The Hall–Kier alpha value is -2.49. The fourth-order valence-corrected chi connectivity index (χ4v) is 2.19. The number of para-hydroxylation sites is 2. The average molecular weight is 313 g/mol. The highest BCUT2D eigenvalue weighted by molar-refractivity contribution is 5.76. The number of carbonyl (C=O) groups is 1. The molecular weight excluding hydrogens is 290 g/mol. The number of rotatable bonds is 8. The second-order valence-corrected chi connectivity index (χ2v) is 5.33. The number of nitrogens with one attached hydrogen (secondary N) is 1. The van der Waals surface area contributed by atoms with E-state index in [4.69, 9.17) is 9.47 Å². The highest BCUT2D eigenvalue weighted by Gasteiger charge is 2.04. The van der Waals surface area contributed by atoms with Gasteiger partial charge in [-0.25, -0.2) is 0 Å². The van der Waals surface area contributed by atoms with Crippen LogP contribution in [-0.2, 0) is 11.2 Å². The SMILES string of the molecule is COc1ccccc1OCCNC(=O)CCc1ccc(C)cc1. The third kappa shape index (κ3) is 5.66. The number of hydrogen-bond acceptors (Lipinski definition) is 3. The summed E-state index contributed by atoms with van der Waals surface area (Å²) < 4.78 is 10.8. The predicted molar refractivity (Wildman–Crippen MR) is 91.0 cm³/mol. The van der Waals surface area contributed by atoms with Crippen LogP contribution in [0.15, 0.2) is 48.5 Å². The zero-order valence-corrected chi connectivity index (χ0v) is 13.7. The summed E-state index contributed by atoms with van der Waals surface area (Å²) in [6.45, 7) is 2.94. The van der Waals surface area contributed by atoms with Gasteiger partial charge in [-0.3, -0.25) is 4.79 Å². The summed E-state index contributed by atoms with van der Waals surface area (Å²) in [5.41, 5.74) is 2.41. The Morgan fingerprint density at radius 3 is 2.43 bits per heavy atom. The molecule has 0 aromatic heterocycles. The molecule has 0 heterocycles. The topological polar surface area (TPSA) is 47.6 Å². The molecule has 0 fully saturated rings. The number of carbonyl (C=O) groups excluding carboxylic acids is 1. The van der Waals surface area contributed by atoms with E-state index in [0.29, 0.717) is 31.1 Å². The van der Waals surface area contributed by atoms with Crippen LogP contribution in [0.2, 0.25) is 0 Å². The van der Waals surface area contributed by atoms with Crippen molar-refractivity contribution >= 4 is 5.91 Å². The van der Waals surface area contributed by atoms with Gasteiger partial charge in [0.1, 0.15) is 6.61 Å². The summed E-state index contributed by atoms with van der Waals surface area (Å²) in [5.74, 6) is 1.41. The first-order chi connectivity index (χ1) is 11.2. The van der Waals surface area contributed by atoms with E-state index in [9.17, 15) is 4.79 Å². The van der Waals surface area contributed by atoms with Gasteiger partial charge in [0.25, 0.3) is 0 Å². The second kappa shape index (κ2) is 8.83. The van der Waals surface area contributed by atoms with Gasteiger partial charge in [-0.1, -0.05) is 42.0 Å². The molecule has 0 unspecified atom stereocenters. The van der Waals surface area contributed by atoms with Crippen LogP contribution in [0.4, 0.5) is 0 Å². The molecule has 0 spiro atoms. The molecule has 4 heteroatoms. The quantitative estimate of drug-likeness (QED) is 0.762. The van der Waals surface area contributed by atoms with Crippen LogP contribution in [0.3, 0.4) is 0 Å². The molecule has 0 aliphatic heterocycles. The van der Waals surface area contributed by atoms with Crippen molar-refractivity contribution in [2.75, 3.05) is 20.3 Å². The minimum atomic E-state index is 0.0363. The fraction of sp³-hybridized carbons (Fsp3) is 0.316. The molecule has 0 saturated heterocycles. The predicted octanol–water partition coefficient (Wildman–Crippen LogP) is 3.13. The summed E-state index contributed by atoms with van der Waals surface area (Å²) >= 11 is 0. The smallest absolute Gasteiger partial charge is 0.220 e. The molecule has 122 valence electrons. The number of aryl methyl sites for hydroxylation is 2. The molecule has 4 nitrogen and oxygen atoms in total. The largest absolute Gasteiger partial charge is 0.493 e. The number of ether oxygens (including phenoxy) is 2. The average Bonchev–Trinajstić information content (AvgIpc) is 2.58.